The van der Waals surface area contributed by atoms with Crippen molar-refractivity contribution in [3.63, 3.8) is 0 Å². The molecule has 0 aromatic heterocycles. The van der Waals surface area contributed by atoms with E-state index in [9.17, 15) is 13.6 Å². The highest BCUT2D eigenvalue weighted by atomic mass is 35.5. The Morgan fingerprint density at radius 3 is 2.53 bits per heavy atom. The lowest BCUT2D eigenvalue weighted by molar-refractivity contribution is -0.133. The lowest BCUT2D eigenvalue weighted by Crippen LogP contribution is -2.43. The van der Waals surface area contributed by atoms with Crippen LogP contribution in [0, 0.1) is 0 Å². The number of unbranched alkanes of at least 4 members (excludes halogenated alkanes) is 1. The Balaban J connectivity index is 0.00000256. The first-order valence-electron chi connectivity index (χ1n) is 5.58. The van der Waals surface area contributed by atoms with E-state index < -0.39 is 18.5 Å². The fraction of sp³-hybridized carbons (Fsp3) is 0.900. The quantitative estimate of drug-likeness (QED) is 0.724. The number of hydrogen-bond donors (Lipinski definition) is 2. The Kier molecular flexibility index (Phi) is 6.89. The molecular formula is C10H20ClF2N3O. The third-order valence-corrected chi connectivity index (χ3v) is 2.77. The highest BCUT2D eigenvalue weighted by molar-refractivity contribution is 5.85. The molecule has 4 nitrogen and oxygen atoms in total. The molecular weight excluding hydrogens is 252 g/mol. The predicted molar refractivity (Wildman–Crippen MR) is 64.3 cm³/mol. The summed E-state index contributed by atoms with van der Waals surface area (Å²) in [4.78, 5) is 12.8. The Bertz CT molecular complexity index is 254. The van der Waals surface area contributed by atoms with Crippen molar-refractivity contribution in [2.24, 2.45) is 11.5 Å². The van der Waals surface area contributed by atoms with E-state index >= 15 is 0 Å². The van der Waals surface area contributed by atoms with Gasteiger partial charge in [0.25, 0.3) is 5.92 Å². The molecule has 1 atom stereocenters. The fourth-order valence-electron chi connectivity index (χ4n) is 1.79. The molecule has 0 spiro atoms. The Hall–Kier alpha value is -0.460. The SMILES string of the molecule is Cl.NCCCC[C@H](N)C(=O)N1CCC(F)(F)C1. The number of hydrogen-bond acceptors (Lipinski definition) is 3. The Labute approximate surface area is 106 Å². The number of alkyl halides is 2. The molecule has 0 radical (unpaired) electrons. The van der Waals surface area contributed by atoms with E-state index in [1.807, 2.05) is 0 Å². The number of rotatable bonds is 5. The molecule has 0 aromatic rings. The van der Waals surface area contributed by atoms with Gasteiger partial charge >= 0.3 is 0 Å². The van der Waals surface area contributed by atoms with Crippen LogP contribution in [0.5, 0.6) is 0 Å². The van der Waals surface area contributed by atoms with Crippen LogP contribution in [0.15, 0.2) is 0 Å². The molecule has 1 rings (SSSR count). The van der Waals surface area contributed by atoms with Gasteiger partial charge < -0.3 is 16.4 Å². The summed E-state index contributed by atoms with van der Waals surface area (Å²) in [5.74, 6) is -3.11. The zero-order valence-corrected chi connectivity index (χ0v) is 10.5. The Morgan fingerprint density at radius 1 is 1.41 bits per heavy atom. The predicted octanol–water partition coefficient (Wildman–Crippen LogP) is 0.732. The Morgan fingerprint density at radius 2 is 2.06 bits per heavy atom. The fourth-order valence-corrected chi connectivity index (χ4v) is 1.79. The molecule has 0 aromatic carbocycles. The molecule has 7 heteroatoms. The third kappa shape index (κ3) is 5.14. The van der Waals surface area contributed by atoms with Crippen LogP contribution in [0.2, 0.25) is 0 Å². The van der Waals surface area contributed by atoms with Gasteiger partial charge in [0.15, 0.2) is 0 Å². The molecule has 0 saturated carbocycles. The molecule has 1 saturated heterocycles. The lowest BCUT2D eigenvalue weighted by Gasteiger charge is -2.20. The van der Waals surface area contributed by atoms with Crippen LogP contribution in [0.1, 0.15) is 25.7 Å². The topological polar surface area (TPSA) is 72.3 Å². The van der Waals surface area contributed by atoms with Crippen LogP contribution in [-0.2, 0) is 4.79 Å². The normalized spacial score (nSPS) is 19.9. The minimum Gasteiger partial charge on any atom is -0.335 e. The van der Waals surface area contributed by atoms with Gasteiger partial charge in [-0.15, -0.1) is 12.4 Å². The van der Waals surface area contributed by atoms with Gasteiger partial charge in [0.1, 0.15) is 0 Å². The van der Waals surface area contributed by atoms with Gasteiger partial charge in [-0.25, -0.2) is 8.78 Å². The highest BCUT2D eigenvalue weighted by Gasteiger charge is 2.41. The lowest BCUT2D eigenvalue weighted by atomic mass is 10.1. The second-order valence-electron chi connectivity index (χ2n) is 4.26. The molecule has 0 aliphatic carbocycles. The van der Waals surface area contributed by atoms with Gasteiger partial charge in [0, 0.05) is 13.0 Å². The summed E-state index contributed by atoms with van der Waals surface area (Å²) < 4.78 is 25.7. The van der Waals surface area contributed by atoms with Crippen molar-refractivity contribution in [1.82, 2.24) is 4.90 Å². The summed E-state index contributed by atoms with van der Waals surface area (Å²) in [6.45, 7) is 0.176. The molecule has 1 heterocycles. The van der Waals surface area contributed by atoms with Crippen molar-refractivity contribution < 1.29 is 13.6 Å². The molecule has 1 fully saturated rings. The van der Waals surface area contributed by atoms with Crippen molar-refractivity contribution in [3.8, 4) is 0 Å². The van der Waals surface area contributed by atoms with E-state index in [1.54, 1.807) is 0 Å². The number of carbonyl (C=O) groups is 1. The number of amides is 1. The van der Waals surface area contributed by atoms with Crippen molar-refractivity contribution >= 4 is 18.3 Å². The number of halogens is 3. The van der Waals surface area contributed by atoms with Crippen LogP contribution in [0.4, 0.5) is 8.78 Å². The average Bonchev–Trinajstić information content (AvgIpc) is 2.58. The van der Waals surface area contributed by atoms with Crippen LogP contribution < -0.4 is 11.5 Å². The summed E-state index contributed by atoms with van der Waals surface area (Å²) in [5.41, 5.74) is 11.0. The van der Waals surface area contributed by atoms with Crippen molar-refractivity contribution in [2.75, 3.05) is 19.6 Å². The minimum absolute atomic E-state index is 0. The van der Waals surface area contributed by atoms with Crippen LogP contribution in [0.3, 0.4) is 0 Å². The van der Waals surface area contributed by atoms with Gasteiger partial charge in [0.05, 0.1) is 12.6 Å². The summed E-state index contributed by atoms with van der Waals surface area (Å²) in [6, 6.07) is -0.666. The second-order valence-corrected chi connectivity index (χ2v) is 4.26. The molecule has 0 bridgehead atoms. The maximum absolute atomic E-state index is 12.9. The highest BCUT2D eigenvalue weighted by Crippen LogP contribution is 2.27. The number of carbonyl (C=O) groups excluding carboxylic acids is 1. The van der Waals surface area contributed by atoms with Crippen LogP contribution in [0.25, 0.3) is 0 Å². The minimum atomic E-state index is -2.74. The van der Waals surface area contributed by atoms with Crippen molar-refractivity contribution in [2.45, 2.75) is 37.6 Å². The molecule has 0 unspecified atom stereocenters. The van der Waals surface area contributed by atoms with Crippen molar-refractivity contribution in [1.29, 1.82) is 0 Å². The van der Waals surface area contributed by atoms with Crippen molar-refractivity contribution in [3.05, 3.63) is 0 Å². The molecule has 17 heavy (non-hydrogen) atoms. The zero-order valence-electron chi connectivity index (χ0n) is 9.70. The number of likely N-dealkylation sites (tertiary alicyclic amines) is 1. The standard InChI is InChI=1S/C10H19F2N3O.ClH/c11-10(12)4-6-15(7-10)9(16)8(14)3-1-2-5-13;/h8H,1-7,13-14H2;1H/t8-;/m0./s1. The molecule has 102 valence electrons. The van der Waals surface area contributed by atoms with E-state index in [4.69, 9.17) is 11.5 Å². The third-order valence-electron chi connectivity index (χ3n) is 2.77. The van der Waals surface area contributed by atoms with Crippen LogP contribution >= 0.6 is 12.4 Å². The van der Waals surface area contributed by atoms with Gasteiger partial charge in [-0.1, -0.05) is 6.42 Å². The summed E-state index contributed by atoms with van der Waals surface area (Å²) in [6.07, 6.45) is 1.82. The molecule has 1 amide bonds. The summed E-state index contributed by atoms with van der Waals surface area (Å²) in [7, 11) is 0. The monoisotopic (exact) mass is 271 g/mol. The number of nitrogens with two attached hydrogens (primary N) is 2. The van der Waals surface area contributed by atoms with Crippen LogP contribution in [-0.4, -0.2) is 42.4 Å². The molecule has 1 aliphatic heterocycles. The van der Waals surface area contributed by atoms with E-state index in [-0.39, 0.29) is 31.3 Å². The first-order valence-corrected chi connectivity index (χ1v) is 5.58. The van der Waals surface area contributed by atoms with E-state index in [2.05, 4.69) is 0 Å². The molecule has 1 aliphatic rings. The zero-order chi connectivity index (χ0) is 12.2. The summed E-state index contributed by atoms with van der Waals surface area (Å²) in [5, 5.41) is 0. The number of nitrogens with zero attached hydrogens (tertiary/aromatic N) is 1. The maximum atomic E-state index is 12.9. The van der Waals surface area contributed by atoms with E-state index in [1.165, 1.54) is 0 Å². The van der Waals surface area contributed by atoms with Gasteiger partial charge in [0.2, 0.25) is 5.91 Å². The molecule has 4 N–H and O–H groups in total. The first kappa shape index (κ1) is 16.5. The maximum Gasteiger partial charge on any atom is 0.267 e. The second kappa shape index (κ2) is 7.08. The summed E-state index contributed by atoms with van der Waals surface area (Å²) >= 11 is 0. The smallest absolute Gasteiger partial charge is 0.267 e. The van der Waals surface area contributed by atoms with E-state index in [0.717, 1.165) is 17.7 Å². The largest absolute Gasteiger partial charge is 0.335 e. The van der Waals surface area contributed by atoms with Gasteiger partial charge in [-0.3, -0.25) is 4.79 Å². The van der Waals surface area contributed by atoms with Gasteiger partial charge in [-0.2, -0.15) is 0 Å². The first-order chi connectivity index (χ1) is 7.46. The van der Waals surface area contributed by atoms with Gasteiger partial charge in [-0.05, 0) is 19.4 Å². The van der Waals surface area contributed by atoms with E-state index in [0.29, 0.717) is 13.0 Å². The average molecular weight is 272 g/mol.